The van der Waals surface area contributed by atoms with Crippen molar-refractivity contribution in [2.75, 3.05) is 18.4 Å². The van der Waals surface area contributed by atoms with E-state index in [4.69, 9.17) is 0 Å². The van der Waals surface area contributed by atoms with Crippen LogP contribution in [0, 0.1) is 0 Å². The summed E-state index contributed by atoms with van der Waals surface area (Å²) in [5.74, 6) is -0.535. The van der Waals surface area contributed by atoms with Crippen LogP contribution in [0.4, 0.5) is 5.69 Å². The fourth-order valence-corrected chi connectivity index (χ4v) is 3.72. The van der Waals surface area contributed by atoms with Crippen molar-refractivity contribution in [3.8, 4) is 0 Å². The first kappa shape index (κ1) is 33.7. The molecule has 0 fully saturated rings. The molecule has 0 radical (unpaired) electrons. The average Bonchev–Trinajstić information content (AvgIpc) is 3.01. The number of unbranched alkanes of at least 4 members (excludes halogenated alkanes) is 1. The number of nitrogens with zero attached hydrogens (tertiary/aromatic N) is 1. The van der Waals surface area contributed by atoms with E-state index in [0.29, 0.717) is 36.3 Å². The number of carbonyl (C=O) groups is 3. The largest absolute Gasteiger partial charge is 0.354 e. The number of nitrogens with one attached hydrogen (secondary N) is 3. The molecule has 222 valence electrons. The number of anilines is 1. The van der Waals surface area contributed by atoms with Crippen molar-refractivity contribution in [1.82, 2.24) is 15.6 Å². The van der Waals surface area contributed by atoms with Gasteiger partial charge in [0.05, 0.1) is 5.56 Å². The molecule has 0 unspecified atom stereocenters. The second-order valence-electron chi connectivity index (χ2n) is 9.48. The summed E-state index contributed by atoms with van der Waals surface area (Å²) in [4.78, 5) is 40.5. The first-order valence-electron chi connectivity index (χ1n) is 14.7. The lowest BCUT2D eigenvalue weighted by Gasteiger charge is -2.08. The maximum atomic E-state index is 12.4. The van der Waals surface area contributed by atoms with Crippen LogP contribution in [0.5, 0.6) is 0 Å². The van der Waals surface area contributed by atoms with Crippen molar-refractivity contribution in [3.05, 3.63) is 121 Å². The molecule has 0 bridgehead atoms. The van der Waals surface area contributed by atoms with Crippen LogP contribution >= 0.6 is 0 Å². The number of carbonyl (C=O) groups excluding carboxylic acids is 3. The highest BCUT2D eigenvalue weighted by Gasteiger charge is 2.08. The van der Waals surface area contributed by atoms with E-state index in [1.54, 1.807) is 42.6 Å². The molecule has 2 aromatic rings. The molecule has 7 nitrogen and oxygen atoms in total. The lowest BCUT2D eigenvalue weighted by molar-refractivity contribution is -0.121. The minimum absolute atomic E-state index is 0.0229. The molecular formula is C35H44N4O3. The average molecular weight is 569 g/mol. The molecule has 7 heteroatoms. The number of allylic oxidation sites excluding steroid dienone is 10. The molecule has 1 aromatic carbocycles. The summed E-state index contributed by atoms with van der Waals surface area (Å²) in [7, 11) is 0. The third-order valence-electron chi connectivity index (χ3n) is 5.99. The van der Waals surface area contributed by atoms with E-state index in [1.165, 1.54) is 6.20 Å². The fraction of sp³-hybridized carbons (Fsp3) is 0.314. The lowest BCUT2D eigenvalue weighted by Crippen LogP contribution is -2.34. The Morgan fingerprint density at radius 1 is 0.690 bits per heavy atom. The van der Waals surface area contributed by atoms with Gasteiger partial charge in [0, 0.05) is 43.2 Å². The van der Waals surface area contributed by atoms with Crippen LogP contribution in [0.3, 0.4) is 0 Å². The lowest BCUT2D eigenvalue weighted by atomic mass is 10.2. The van der Waals surface area contributed by atoms with Gasteiger partial charge in [0.15, 0.2) is 0 Å². The van der Waals surface area contributed by atoms with Crippen molar-refractivity contribution in [2.45, 2.75) is 58.3 Å². The molecule has 0 saturated carbocycles. The second-order valence-corrected chi connectivity index (χ2v) is 9.48. The van der Waals surface area contributed by atoms with Gasteiger partial charge in [-0.25, -0.2) is 0 Å². The normalized spacial score (nSPS) is 11.7. The minimum Gasteiger partial charge on any atom is -0.354 e. The highest BCUT2D eigenvalue weighted by Crippen LogP contribution is 2.11. The SMILES string of the molecule is CCC=CCC=CCC=CCC=CCC=CCCCC(=O)NCCNC(=O)c1ccc(NC(=O)c2cccnc2)cc1. The predicted octanol–water partition coefficient (Wildman–Crippen LogP) is 7.10. The Morgan fingerprint density at radius 2 is 1.29 bits per heavy atom. The molecule has 3 amide bonds. The first-order valence-corrected chi connectivity index (χ1v) is 14.7. The van der Waals surface area contributed by atoms with Gasteiger partial charge in [0.2, 0.25) is 5.91 Å². The molecule has 3 N–H and O–H groups in total. The molecule has 0 atom stereocenters. The van der Waals surface area contributed by atoms with Gasteiger partial charge in [-0.2, -0.15) is 0 Å². The van der Waals surface area contributed by atoms with Gasteiger partial charge in [-0.1, -0.05) is 67.7 Å². The maximum Gasteiger partial charge on any atom is 0.257 e. The van der Waals surface area contributed by atoms with E-state index in [2.05, 4.69) is 88.6 Å². The summed E-state index contributed by atoms with van der Waals surface area (Å²) in [5, 5.41) is 8.39. The van der Waals surface area contributed by atoms with Crippen molar-refractivity contribution in [2.24, 2.45) is 0 Å². The van der Waals surface area contributed by atoms with E-state index in [1.807, 2.05) is 0 Å². The van der Waals surface area contributed by atoms with Crippen molar-refractivity contribution in [1.29, 1.82) is 0 Å². The zero-order chi connectivity index (χ0) is 30.1. The number of hydrogen-bond donors (Lipinski definition) is 3. The molecule has 2 rings (SSSR count). The monoisotopic (exact) mass is 568 g/mol. The zero-order valence-corrected chi connectivity index (χ0v) is 24.6. The van der Waals surface area contributed by atoms with Crippen molar-refractivity contribution in [3.63, 3.8) is 0 Å². The molecular weight excluding hydrogens is 524 g/mol. The van der Waals surface area contributed by atoms with Gasteiger partial charge in [0.1, 0.15) is 0 Å². The topological polar surface area (TPSA) is 100 Å². The van der Waals surface area contributed by atoms with Crippen LogP contribution in [0.25, 0.3) is 0 Å². The third kappa shape index (κ3) is 15.9. The number of aromatic nitrogens is 1. The van der Waals surface area contributed by atoms with E-state index in [-0.39, 0.29) is 17.7 Å². The standard InChI is InChI=1S/C35H44N4O3/c1-2-3-4-5-6-7-8-9-10-11-12-13-14-15-16-17-18-21-33(40)37-27-28-38-34(41)30-22-24-32(25-23-30)39-35(42)31-20-19-26-36-29-31/h3-4,6-7,9-10,12-13,15-16,19-20,22-26,29H,2,5,8,11,14,17-18,21,27-28H2,1H3,(H,37,40)(H,38,41)(H,39,42). The highest BCUT2D eigenvalue weighted by atomic mass is 16.2. The molecule has 0 aliphatic carbocycles. The highest BCUT2D eigenvalue weighted by molar-refractivity contribution is 6.04. The molecule has 42 heavy (non-hydrogen) atoms. The molecule has 1 heterocycles. The number of amides is 3. The predicted molar refractivity (Wildman–Crippen MR) is 172 cm³/mol. The summed E-state index contributed by atoms with van der Waals surface area (Å²) in [6.07, 6.45) is 31.8. The summed E-state index contributed by atoms with van der Waals surface area (Å²) in [6.45, 7) is 2.84. The van der Waals surface area contributed by atoms with Crippen LogP contribution in [-0.2, 0) is 4.79 Å². The van der Waals surface area contributed by atoms with Crippen LogP contribution in [0.15, 0.2) is 110 Å². The van der Waals surface area contributed by atoms with E-state index in [0.717, 1.165) is 44.9 Å². The summed E-state index contributed by atoms with van der Waals surface area (Å²) < 4.78 is 0. The smallest absolute Gasteiger partial charge is 0.257 e. The Hall–Kier alpha value is -4.52. The number of pyridine rings is 1. The molecule has 0 aliphatic rings. The van der Waals surface area contributed by atoms with E-state index >= 15 is 0 Å². The Labute approximate surface area is 250 Å². The van der Waals surface area contributed by atoms with Crippen LogP contribution in [-0.4, -0.2) is 35.8 Å². The van der Waals surface area contributed by atoms with Crippen molar-refractivity contribution >= 4 is 23.4 Å². The summed E-state index contributed by atoms with van der Waals surface area (Å²) in [5.41, 5.74) is 1.51. The number of benzene rings is 1. The van der Waals surface area contributed by atoms with Crippen LogP contribution in [0.1, 0.15) is 79.0 Å². The number of rotatable bonds is 19. The summed E-state index contributed by atoms with van der Waals surface area (Å²) >= 11 is 0. The van der Waals surface area contributed by atoms with Crippen molar-refractivity contribution < 1.29 is 14.4 Å². The van der Waals surface area contributed by atoms with Gasteiger partial charge in [-0.15, -0.1) is 0 Å². The van der Waals surface area contributed by atoms with Gasteiger partial charge in [-0.3, -0.25) is 19.4 Å². The Morgan fingerprint density at radius 3 is 1.88 bits per heavy atom. The Bertz CT molecular complexity index is 1210. The molecule has 0 spiro atoms. The number of hydrogen-bond acceptors (Lipinski definition) is 4. The van der Waals surface area contributed by atoms with Gasteiger partial charge in [0.25, 0.3) is 11.8 Å². The van der Waals surface area contributed by atoms with Gasteiger partial charge < -0.3 is 16.0 Å². The molecule has 0 saturated heterocycles. The van der Waals surface area contributed by atoms with Gasteiger partial charge in [-0.05, 0) is 81.3 Å². The van der Waals surface area contributed by atoms with Crippen LogP contribution < -0.4 is 16.0 Å². The van der Waals surface area contributed by atoms with E-state index < -0.39 is 0 Å². The molecule has 0 aliphatic heterocycles. The first-order chi connectivity index (χ1) is 20.6. The summed E-state index contributed by atoms with van der Waals surface area (Å²) in [6, 6.07) is 9.99. The fourth-order valence-electron chi connectivity index (χ4n) is 3.72. The quantitative estimate of drug-likeness (QED) is 0.124. The second kappa shape index (κ2) is 22.2. The Kier molecular flexibility index (Phi) is 17.8. The van der Waals surface area contributed by atoms with E-state index in [9.17, 15) is 14.4 Å². The van der Waals surface area contributed by atoms with Crippen LogP contribution in [0.2, 0.25) is 0 Å². The molecule has 1 aromatic heterocycles. The Balaban J connectivity index is 1.48. The maximum absolute atomic E-state index is 12.4. The van der Waals surface area contributed by atoms with Gasteiger partial charge >= 0.3 is 0 Å². The minimum atomic E-state index is -0.270. The third-order valence-corrected chi connectivity index (χ3v) is 5.99. The zero-order valence-electron chi connectivity index (χ0n) is 24.6.